The zero-order valence-corrected chi connectivity index (χ0v) is 11.9. The van der Waals surface area contributed by atoms with Crippen molar-refractivity contribution in [3.05, 3.63) is 18.3 Å². The Bertz CT molecular complexity index is 673. The maximum absolute atomic E-state index is 10.7. The lowest BCUT2D eigenvalue weighted by atomic mass is 10.0. The van der Waals surface area contributed by atoms with Crippen LogP contribution in [0.1, 0.15) is 12.8 Å². The van der Waals surface area contributed by atoms with Gasteiger partial charge in [-0.1, -0.05) is 0 Å². The molecule has 1 fully saturated rings. The first kappa shape index (κ1) is 13.5. The molecule has 4 N–H and O–H groups in total. The fourth-order valence-electron chi connectivity index (χ4n) is 2.91. The molecule has 0 radical (unpaired) electrons. The Balaban J connectivity index is 1.78. The second kappa shape index (κ2) is 5.16. The summed E-state index contributed by atoms with van der Waals surface area (Å²) in [5.74, 6) is 0. The van der Waals surface area contributed by atoms with Crippen LogP contribution in [0.15, 0.2) is 18.3 Å². The molecule has 0 unspecified atom stereocenters. The topological polar surface area (TPSA) is 96.4 Å². The van der Waals surface area contributed by atoms with E-state index in [1.54, 1.807) is 4.68 Å². The highest BCUT2D eigenvalue weighted by molar-refractivity contribution is 5.89. The molecule has 0 bridgehead atoms. The molecule has 7 nitrogen and oxygen atoms in total. The Labute approximate surface area is 122 Å². The highest BCUT2D eigenvalue weighted by Gasteiger charge is 2.22. The summed E-state index contributed by atoms with van der Waals surface area (Å²) in [6, 6.07) is 3.98. The van der Waals surface area contributed by atoms with Crippen molar-refractivity contribution in [2.45, 2.75) is 18.9 Å². The first-order chi connectivity index (χ1) is 10.0. The molecule has 2 aromatic rings. The number of amides is 1. The van der Waals surface area contributed by atoms with Crippen molar-refractivity contribution in [3.63, 3.8) is 0 Å². The van der Waals surface area contributed by atoms with Crippen molar-refractivity contribution in [2.75, 3.05) is 23.7 Å². The number of aromatic nitrogens is 2. The highest BCUT2D eigenvalue weighted by Crippen LogP contribution is 2.30. The van der Waals surface area contributed by atoms with Gasteiger partial charge in [0.05, 0.1) is 16.9 Å². The van der Waals surface area contributed by atoms with Crippen LogP contribution in [0.4, 0.5) is 16.2 Å². The molecule has 21 heavy (non-hydrogen) atoms. The van der Waals surface area contributed by atoms with E-state index >= 15 is 0 Å². The van der Waals surface area contributed by atoms with E-state index < -0.39 is 6.09 Å². The van der Waals surface area contributed by atoms with Crippen LogP contribution < -0.4 is 16.0 Å². The first-order valence-corrected chi connectivity index (χ1v) is 7.00. The van der Waals surface area contributed by atoms with Gasteiger partial charge in [0, 0.05) is 37.8 Å². The van der Waals surface area contributed by atoms with Crippen molar-refractivity contribution in [1.82, 2.24) is 15.1 Å². The molecule has 0 atom stereocenters. The Hall–Kier alpha value is -2.44. The lowest BCUT2D eigenvalue weighted by Crippen LogP contribution is -2.44. The minimum absolute atomic E-state index is 0.0264. The lowest BCUT2D eigenvalue weighted by Gasteiger charge is -2.34. The summed E-state index contributed by atoms with van der Waals surface area (Å²) in [6.07, 6.45) is 2.55. The number of carbonyl (C=O) groups is 1. The number of nitrogens with zero attached hydrogens (tertiary/aromatic N) is 3. The Morgan fingerprint density at radius 1 is 1.43 bits per heavy atom. The number of hydrogen-bond acceptors (Lipinski definition) is 4. The zero-order chi connectivity index (χ0) is 15.0. The third-order valence-corrected chi connectivity index (χ3v) is 3.93. The molecule has 2 heterocycles. The number of nitrogens with one attached hydrogen (secondary N) is 1. The van der Waals surface area contributed by atoms with Crippen LogP contribution in [0.3, 0.4) is 0 Å². The molecule has 1 aromatic carbocycles. The maximum Gasteiger partial charge on any atom is 0.404 e. The third kappa shape index (κ3) is 2.72. The largest absolute Gasteiger partial charge is 0.465 e. The van der Waals surface area contributed by atoms with Gasteiger partial charge in [0.2, 0.25) is 0 Å². The van der Waals surface area contributed by atoms with Crippen LogP contribution in [-0.2, 0) is 7.05 Å². The number of piperidine rings is 1. The van der Waals surface area contributed by atoms with Gasteiger partial charge in [-0.25, -0.2) is 4.79 Å². The monoisotopic (exact) mass is 289 g/mol. The molecule has 3 rings (SSSR count). The highest BCUT2D eigenvalue weighted by atomic mass is 16.4. The average Bonchev–Trinajstić information content (AvgIpc) is 2.77. The van der Waals surface area contributed by atoms with E-state index in [1.807, 2.05) is 25.4 Å². The van der Waals surface area contributed by atoms with Crippen molar-refractivity contribution in [2.24, 2.45) is 7.05 Å². The summed E-state index contributed by atoms with van der Waals surface area (Å²) >= 11 is 0. The van der Waals surface area contributed by atoms with Gasteiger partial charge in [-0.2, -0.15) is 5.10 Å². The Kier molecular flexibility index (Phi) is 3.32. The number of benzene rings is 1. The van der Waals surface area contributed by atoms with Crippen molar-refractivity contribution >= 4 is 28.4 Å². The van der Waals surface area contributed by atoms with Crippen LogP contribution in [0.25, 0.3) is 10.9 Å². The van der Waals surface area contributed by atoms with E-state index in [2.05, 4.69) is 15.3 Å². The van der Waals surface area contributed by atoms with E-state index in [0.717, 1.165) is 48.2 Å². The molecule has 0 aliphatic carbocycles. The van der Waals surface area contributed by atoms with Crippen LogP contribution in [-0.4, -0.2) is 40.1 Å². The number of carboxylic acid groups (broad SMARTS) is 1. The minimum atomic E-state index is -0.956. The number of aryl methyl sites for hydroxylation is 1. The van der Waals surface area contributed by atoms with Gasteiger partial charge < -0.3 is 21.1 Å². The maximum atomic E-state index is 10.7. The SMILES string of the molecule is Cn1cc2cc(N)c(N3CCC(NC(=O)O)CC3)cc2n1. The van der Waals surface area contributed by atoms with Gasteiger partial charge in [-0.3, -0.25) is 4.68 Å². The molecule has 0 saturated carbocycles. The van der Waals surface area contributed by atoms with E-state index in [9.17, 15) is 4.79 Å². The van der Waals surface area contributed by atoms with Gasteiger partial charge >= 0.3 is 6.09 Å². The molecule has 112 valence electrons. The molecule has 1 saturated heterocycles. The number of rotatable bonds is 2. The van der Waals surface area contributed by atoms with Gasteiger partial charge in [0.15, 0.2) is 0 Å². The average molecular weight is 289 g/mol. The summed E-state index contributed by atoms with van der Waals surface area (Å²) in [5, 5.41) is 16.7. The predicted octanol–water partition coefficient (Wildman–Crippen LogP) is 1.39. The third-order valence-electron chi connectivity index (χ3n) is 3.93. The normalized spacial score (nSPS) is 16.3. The fraction of sp³-hybridized carbons (Fsp3) is 0.429. The minimum Gasteiger partial charge on any atom is -0.465 e. The molecule has 1 aromatic heterocycles. The van der Waals surface area contributed by atoms with Crippen LogP contribution in [0, 0.1) is 0 Å². The number of nitrogen functional groups attached to an aromatic ring is 1. The second-order valence-electron chi connectivity index (χ2n) is 5.48. The summed E-state index contributed by atoms with van der Waals surface area (Å²) in [7, 11) is 1.89. The van der Waals surface area contributed by atoms with E-state index in [0.29, 0.717) is 0 Å². The molecule has 0 spiro atoms. The summed E-state index contributed by atoms with van der Waals surface area (Å²) < 4.78 is 1.77. The van der Waals surface area contributed by atoms with Gasteiger partial charge in [0.1, 0.15) is 0 Å². The fourth-order valence-corrected chi connectivity index (χ4v) is 2.91. The quantitative estimate of drug-likeness (QED) is 0.726. The molecule has 1 aliphatic heterocycles. The van der Waals surface area contributed by atoms with Crippen LogP contribution >= 0.6 is 0 Å². The number of nitrogens with two attached hydrogens (primary N) is 1. The Morgan fingerprint density at radius 2 is 2.14 bits per heavy atom. The number of fused-ring (bicyclic) bond motifs is 1. The number of anilines is 2. The van der Waals surface area contributed by atoms with Gasteiger partial charge in [0.25, 0.3) is 0 Å². The van der Waals surface area contributed by atoms with Crippen molar-refractivity contribution in [1.29, 1.82) is 0 Å². The van der Waals surface area contributed by atoms with Crippen LogP contribution in [0.5, 0.6) is 0 Å². The summed E-state index contributed by atoms with van der Waals surface area (Å²) in [4.78, 5) is 12.9. The van der Waals surface area contributed by atoms with Crippen molar-refractivity contribution in [3.8, 4) is 0 Å². The predicted molar refractivity (Wildman–Crippen MR) is 81.5 cm³/mol. The van der Waals surface area contributed by atoms with Crippen LogP contribution in [0.2, 0.25) is 0 Å². The summed E-state index contributed by atoms with van der Waals surface area (Å²) in [6.45, 7) is 1.57. The number of hydrogen-bond donors (Lipinski definition) is 3. The van der Waals surface area contributed by atoms with Gasteiger partial charge in [-0.05, 0) is 25.0 Å². The molecular weight excluding hydrogens is 270 g/mol. The molecular formula is C14H19N5O2. The van der Waals surface area contributed by atoms with E-state index in [1.165, 1.54) is 0 Å². The molecule has 1 aliphatic rings. The smallest absolute Gasteiger partial charge is 0.404 e. The standard InChI is InChI=1S/C14H19N5O2/c1-18-8-9-6-11(15)13(7-12(9)17-18)19-4-2-10(3-5-19)16-14(20)21/h6-8,10,16H,2-5,15H2,1H3,(H,20,21). The van der Waals surface area contributed by atoms with Crippen molar-refractivity contribution < 1.29 is 9.90 Å². The van der Waals surface area contributed by atoms with E-state index in [4.69, 9.17) is 10.8 Å². The molecule has 7 heteroatoms. The lowest BCUT2D eigenvalue weighted by molar-refractivity contribution is 0.187. The summed E-state index contributed by atoms with van der Waals surface area (Å²) in [5.41, 5.74) is 8.79. The first-order valence-electron chi connectivity index (χ1n) is 7.00. The Morgan fingerprint density at radius 3 is 2.81 bits per heavy atom. The molecule has 1 amide bonds. The zero-order valence-electron chi connectivity index (χ0n) is 11.9. The van der Waals surface area contributed by atoms with E-state index in [-0.39, 0.29) is 6.04 Å². The second-order valence-corrected chi connectivity index (χ2v) is 5.48. The van der Waals surface area contributed by atoms with Gasteiger partial charge in [-0.15, -0.1) is 0 Å².